The van der Waals surface area contributed by atoms with Crippen LogP contribution >= 0.6 is 38.5 Å². The first kappa shape index (κ1) is 17.9. The maximum absolute atomic E-state index is 12.2. The highest BCUT2D eigenvalue weighted by atomic mass is 127. The van der Waals surface area contributed by atoms with Crippen LogP contribution in [0.25, 0.3) is 10.8 Å². The molecule has 0 heterocycles. The Hall–Kier alpha value is -1.93. The molecule has 0 aliphatic carbocycles. The van der Waals surface area contributed by atoms with E-state index in [9.17, 15) is 9.90 Å². The number of phenolic OH excluding ortho intramolecular Hbond substituents is 1. The van der Waals surface area contributed by atoms with Crippen LogP contribution in [0.15, 0.2) is 64.2 Å². The topological polar surface area (TPSA) is 61.7 Å². The van der Waals surface area contributed by atoms with Gasteiger partial charge in [-0.25, -0.2) is 5.43 Å². The minimum absolute atomic E-state index is 0.123. The molecular formula is C19H14BrIN2O2. The van der Waals surface area contributed by atoms with Gasteiger partial charge in [-0.15, -0.1) is 0 Å². The molecule has 0 saturated carbocycles. The summed E-state index contributed by atoms with van der Waals surface area (Å²) in [6, 6.07) is 17.0. The SMILES string of the molecule is O=C(Cc1ccc(Br)c2ccccc12)N/N=C\c1cc(I)ccc1O. The smallest absolute Gasteiger partial charge is 0.244 e. The van der Waals surface area contributed by atoms with Gasteiger partial charge in [0.15, 0.2) is 0 Å². The molecule has 0 atom stereocenters. The average molecular weight is 509 g/mol. The zero-order chi connectivity index (χ0) is 17.8. The monoisotopic (exact) mass is 508 g/mol. The number of amides is 1. The molecular weight excluding hydrogens is 495 g/mol. The van der Waals surface area contributed by atoms with E-state index in [1.165, 1.54) is 6.21 Å². The van der Waals surface area contributed by atoms with Crippen molar-refractivity contribution in [1.29, 1.82) is 0 Å². The molecule has 0 spiro atoms. The molecule has 3 rings (SSSR count). The number of phenols is 1. The van der Waals surface area contributed by atoms with Crippen molar-refractivity contribution in [3.05, 3.63) is 73.8 Å². The number of carbonyl (C=O) groups is 1. The lowest BCUT2D eigenvalue weighted by atomic mass is 10.0. The molecule has 6 heteroatoms. The summed E-state index contributed by atoms with van der Waals surface area (Å²) in [7, 11) is 0. The van der Waals surface area contributed by atoms with Gasteiger partial charge in [0.2, 0.25) is 5.91 Å². The fraction of sp³-hybridized carbons (Fsp3) is 0.0526. The second-order valence-corrected chi connectivity index (χ2v) is 7.53. The van der Waals surface area contributed by atoms with E-state index in [-0.39, 0.29) is 18.1 Å². The van der Waals surface area contributed by atoms with Crippen molar-refractivity contribution in [1.82, 2.24) is 5.43 Å². The molecule has 0 aliphatic heterocycles. The van der Waals surface area contributed by atoms with E-state index in [2.05, 4.69) is 49.0 Å². The van der Waals surface area contributed by atoms with E-state index in [1.54, 1.807) is 18.2 Å². The van der Waals surface area contributed by atoms with Gasteiger partial charge in [0.25, 0.3) is 0 Å². The Morgan fingerprint density at radius 2 is 1.92 bits per heavy atom. The van der Waals surface area contributed by atoms with Crippen molar-refractivity contribution < 1.29 is 9.90 Å². The quantitative estimate of drug-likeness (QED) is 0.307. The standard InChI is InChI=1S/C19H14BrIN2O2/c20-17-7-5-12(15-3-1-2-4-16(15)17)10-19(25)23-22-11-13-9-14(21)6-8-18(13)24/h1-9,11,24H,10H2,(H,23,25)/b22-11-. The highest BCUT2D eigenvalue weighted by molar-refractivity contribution is 14.1. The third kappa shape index (κ3) is 4.38. The number of hydrazone groups is 1. The van der Waals surface area contributed by atoms with Crippen LogP contribution in [0.2, 0.25) is 0 Å². The van der Waals surface area contributed by atoms with E-state index >= 15 is 0 Å². The Balaban J connectivity index is 1.72. The van der Waals surface area contributed by atoms with Crippen molar-refractivity contribution in [2.75, 3.05) is 0 Å². The molecule has 0 radical (unpaired) electrons. The predicted molar refractivity (Wildman–Crippen MR) is 112 cm³/mol. The molecule has 0 aliphatic rings. The van der Waals surface area contributed by atoms with Gasteiger partial charge >= 0.3 is 0 Å². The Labute approximate surface area is 167 Å². The van der Waals surface area contributed by atoms with Crippen molar-refractivity contribution in [3.8, 4) is 5.75 Å². The number of nitrogens with zero attached hydrogens (tertiary/aromatic N) is 1. The number of nitrogens with one attached hydrogen (secondary N) is 1. The van der Waals surface area contributed by atoms with Crippen LogP contribution in [0.3, 0.4) is 0 Å². The van der Waals surface area contributed by atoms with Crippen LogP contribution in [0.4, 0.5) is 0 Å². The maximum atomic E-state index is 12.2. The largest absolute Gasteiger partial charge is 0.507 e. The Morgan fingerprint density at radius 3 is 2.72 bits per heavy atom. The molecule has 1 amide bonds. The van der Waals surface area contributed by atoms with E-state index in [1.807, 2.05) is 36.4 Å². The summed E-state index contributed by atoms with van der Waals surface area (Å²) < 4.78 is 1.98. The van der Waals surface area contributed by atoms with Crippen molar-refractivity contribution in [3.63, 3.8) is 0 Å². The Morgan fingerprint density at radius 1 is 1.16 bits per heavy atom. The fourth-order valence-corrected chi connectivity index (χ4v) is 3.49. The summed E-state index contributed by atoms with van der Waals surface area (Å²) in [6.07, 6.45) is 1.67. The molecule has 0 fully saturated rings. The van der Waals surface area contributed by atoms with Crippen molar-refractivity contribution >= 4 is 61.4 Å². The molecule has 0 saturated heterocycles. The van der Waals surface area contributed by atoms with Gasteiger partial charge in [0.1, 0.15) is 5.75 Å². The van der Waals surface area contributed by atoms with Crippen molar-refractivity contribution in [2.45, 2.75) is 6.42 Å². The highest BCUT2D eigenvalue weighted by Gasteiger charge is 2.08. The number of benzene rings is 3. The lowest BCUT2D eigenvalue weighted by molar-refractivity contribution is -0.120. The molecule has 126 valence electrons. The van der Waals surface area contributed by atoms with Gasteiger partial charge in [-0.2, -0.15) is 5.10 Å². The zero-order valence-electron chi connectivity index (χ0n) is 13.0. The zero-order valence-corrected chi connectivity index (χ0v) is 16.8. The van der Waals surface area contributed by atoms with E-state index in [4.69, 9.17) is 0 Å². The summed E-state index contributed by atoms with van der Waals surface area (Å²) in [5, 5.41) is 15.8. The summed E-state index contributed by atoms with van der Waals surface area (Å²) in [5.41, 5.74) is 4.00. The number of fused-ring (bicyclic) bond motifs is 1. The van der Waals surface area contributed by atoms with E-state index < -0.39 is 0 Å². The van der Waals surface area contributed by atoms with Crippen LogP contribution in [0.1, 0.15) is 11.1 Å². The van der Waals surface area contributed by atoms with Crippen LogP contribution < -0.4 is 5.43 Å². The normalized spacial score (nSPS) is 11.1. The predicted octanol–water partition coefficient (Wildman–Crippen LogP) is 4.61. The van der Waals surface area contributed by atoms with Gasteiger partial charge in [-0.1, -0.05) is 46.3 Å². The highest BCUT2D eigenvalue weighted by Crippen LogP contribution is 2.27. The summed E-state index contributed by atoms with van der Waals surface area (Å²) in [5.74, 6) is -0.0915. The lowest BCUT2D eigenvalue weighted by Gasteiger charge is -2.07. The molecule has 3 aromatic rings. The number of carbonyl (C=O) groups excluding carboxylic acids is 1. The van der Waals surface area contributed by atoms with E-state index in [0.29, 0.717) is 5.56 Å². The summed E-state index contributed by atoms with van der Waals surface area (Å²) >= 11 is 5.68. The maximum Gasteiger partial charge on any atom is 0.244 e. The summed E-state index contributed by atoms with van der Waals surface area (Å²) in [4.78, 5) is 12.2. The van der Waals surface area contributed by atoms with Gasteiger partial charge in [0, 0.05) is 13.6 Å². The van der Waals surface area contributed by atoms with Crippen LogP contribution in [-0.4, -0.2) is 17.2 Å². The molecule has 0 unspecified atom stereocenters. The van der Waals surface area contributed by atoms with E-state index in [0.717, 1.165) is 24.4 Å². The molecule has 4 nitrogen and oxygen atoms in total. The number of rotatable bonds is 4. The second kappa shape index (κ2) is 7.97. The first-order valence-corrected chi connectivity index (χ1v) is 9.38. The first-order valence-electron chi connectivity index (χ1n) is 7.51. The van der Waals surface area contributed by atoms with Crippen LogP contribution in [0, 0.1) is 3.57 Å². The molecule has 0 aromatic heterocycles. The number of halogens is 2. The van der Waals surface area contributed by atoms with Crippen LogP contribution in [-0.2, 0) is 11.2 Å². The van der Waals surface area contributed by atoms with Gasteiger partial charge in [-0.05, 0) is 63.2 Å². The first-order chi connectivity index (χ1) is 12.0. The summed E-state index contributed by atoms with van der Waals surface area (Å²) in [6.45, 7) is 0. The minimum atomic E-state index is -0.214. The van der Waals surface area contributed by atoms with Crippen LogP contribution in [0.5, 0.6) is 5.75 Å². The third-order valence-electron chi connectivity index (χ3n) is 3.69. The molecule has 2 N–H and O–H groups in total. The average Bonchev–Trinajstić information content (AvgIpc) is 2.61. The Bertz CT molecular complexity index is 973. The van der Waals surface area contributed by atoms with Gasteiger partial charge in [0.05, 0.1) is 12.6 Å². The molecule has 0 bridgehead atoms. The second-order valence-electron chi connectivity index (χ2n) is 5.43. The molecule has 25 heavy (non-hydrogen) atoms. The number of aromatic hydroxyl groups is 1. The lowest BCUT2D eigenvalue weighted by Crippen LogP contribution is -2.19. The number of hydrogen-bond acceptors (Lipinski definition) is 3. The van der Waals surface area contributed by atoms with Gasteiger partial charge < -0.3 is 5.11 Å². The molecule has 3 aromatic carbocycles. The minimum Gasteiger partial charge on any atom is -0.507 e. The fourth-order valence-electron chi connectivity index (χ4n) is 2.49. The third-order valence-corrected chi connectivity index (χ3v) is 5.06. The number of hydrogen-bond donors (Lipinski definition) is 2. The van der Waals surface area contributed by atoms with Gasteiger partial charge in [-0.3, -0.25) is 4.79 Å². The van der Waals surface area contributed by atoms with Crippen molar-refractivity contribution in [2.24, 2.45) is 5.10 Å². The Kier molecular flexibility index (Phi) is 5.70.